The van der Waals surface area contributed by atoms with Crippen molar-refractivity contribution < 1.29 is 19.4 Å². The third kappa shape index (κ3) is 6.01. The molecule has 0 aromatic carbocycles. The van der Waals surface area contributed by atoms with Crippen LogP contribution in [0.1, 0.15) is 112 Å². The van der Waals surface area contributed by atoms with Crippen LogP contribution in [0.3, 0.4) is 0 Å². The third-order valence-corrected chi connectivity index (χ3v) is 8.10. The molecule has 2 aromatic heterocycles. The zero-order valence-corrected chi connectivity index (χ0v) is 24.9. The van der Waals surface area contributed by atoms with Gasteiger partial charge in [0, 0.05) is 17.7 Å². The molecule has 0 aliphatic carbocycles. The van der Waals surface area contributed by atoms with E-state index < -0.39 is 17.4 Å². The summed E-state index contributed by atoms with van der Waals surface area (Å²) in [7, 11) is 0. The number of hydrogen-bond donors (Lipinski definition) is 1. The van der Waals surface area contributed by atoms with Crippen molar-refractivity contribution in [2.45, 2.75) is 130 Å². The van der Waals surface area contributed by atoms with Crippen LogP contribution in [-0.4, -0.2) is 54.6 Å². The Morgan fingerprint density at radius 1 is 1.24 bits per heavy atom. The summed E-state index contributed by atoms with van der Waals surface area (Å²) >= 11 is 0. The second-order valence-corrected chi connectivity index (χ2v) is 13.8. The van der Waals surface area contributed by atoms with Crippen LogP contribution in [0.25, 0.3) is 11.2 Å². The van der Waals surface area contributed by atoms with Gasteiger partial charge in [-0.3, -0.25) is 9.88 Å². The van der Waals surface area contributed by atoms with Gasteiger partial charge in [-0.2, -0.15) is 0 Å². The van der Waals surface area contributed by atoms with Crippen molar-refractivity contribution in [3.05, 3.63) is 23.7 Å². The number of hydrogen-bond acceptors (Lipinski definition) is 6. The van der Waals surface area contributed by atoms with Crippen LogP contribution in [-0.2, 0) is 21.4 Å². The van der Waals surface area contributed by atoms with E-state index in [2.05, 4.69) is 43.3 Å². The van der Waals surface area contributed by atoms with Crippen LogP contribution in [0.5, 0.6) is 0 Å². The van der Waals surface area contributed by atoms with Crippen LogP contribution in [0, 0.1) is 11.8 Å². The Labute approximate surface area is 228 Å². The van der Waals surface area contributed by atoms with Crippen LogP contribution in [0.2, 0.25) is 0 Å². The van der Waals surface area contributed by atoms with E-state index >= 15 is 0 Å². The Morgan fingerprint density at radius 2 is 1.95 bits per heavy atom. The number of aryl methyl sites for hydroxylation is 1. The number of aliphatic hydroxyl groups is 1. The molecule has 2 aliphatic heterocycles. The van der Waals surface area contributed by atoms with Gasteiger partial charge in [-0.15, -0.1) is 0 Å². The molecule has 1 unspecified atom stereocenters. The fourth-order valence-corrected chi connectivity index (χ4v) is 6.13. The first-order valence-corrected chi connectivity index (χ1v) is 14.3. The summed E-state index contributed by atoms with van der Waals surface area (Å²) in [6.45, 7) is 19.9. The van der Waals surface area contributed by atoms with Crippen molar-refractivity contribution in [3.8, 4) is 0 Å². The van der Waals surface area contributed by atoms with E-state index in [1.807, 2.05) is 34.6 Å². The Bertz CT molecular complexity index is 1150. The molecule has 3 atom stereocenters. The molecule has 8 heteroatoms. The highest BCUT2D eigenvalue weighted by Gasteiger charge is 2.48. The Hall–Kier alpha value is -2.19. The van der Waals surface area contributed by atoms with E-state index in [0.717, 1.165) is 43.4 Å². The van der Waals surface area contributed by atoms with Gasteiger partial charge < -0.3 is 19.1 Å². The predicted molar refractivity (Wildman–Crippen MR) is 149 cm³/mol. The molecule has 1 amide bonds. The van der Waals surface area contributed by atoms with E-state index in [-0.39, 0.29) is 23.5 Å². The molecule has 212 valence electrons. The topological polar surface area (TPSA) is 89.7 Å². The third-order valence-electron chi connectivity index (χ3n) is 8.10. The molecule has 4 heterocycles. The summed E-state index contributed by atoms with van der Waals surface area (Å²) in [6, 6.07) is 2.08. The quantitative estimate of drug-likeness (QED) is 0.429. The SMILES string of the molecule is CC(C)C[C@H](CCCC(O)c1cnc2cc3n(c2n1)CCC3(C)C)[C@@H]1COC(C)(C)N1C(=O)OC(C)(C)C. The highest BCUT2D eigenvalue weighted by atomic mass is 16.6. The zero-order valence-electron chi connectivity index (χ0n) is 24.9. The predicted octanol–water partition coefficient (Wildman–Crippen LogP) is 6.35. The van der Waals surface area contributed by atoms with Gasteiger partial charge in [0.15, 0.2) is 5.65 Å². The van der Waals surface area contributed by atoms with Gasteiger partial charge in [0.25, 0.3) is 0 Å². The lowest BCUT2D eigenvalue weighted by atomic mass is 9.85. The summed E-state index contributed by atoms with van der Waals surface area (Å²) in [5, 5.41) is 11.1. The molecular formula is C30H48N4O4. The summed E-state index contributed by atoms with van der Waals surface area (Å²) in [5.74, 6) is 0.712. The maximum atomic E-state index is 13.2. The summed E-state index contributed by atoms with van der Waals surface area (Å²) in [4.78, 5) is 24.5. The first-order valence-electron chi connectivity index (χ1n) is 14.3. The zero-order chi connectivity index (χ0) is 28.0. The summed E-state index contributed by atoms with van der Waals surface area (Å²) in [5.41, 5.74) is 2.49. The molecule has 38 heavy (non-hydrogen) atoms. The largest absolute Gasteiger partial charge is 0.444 e. The van der Waals surface area contributed by atoms with Crippen molar-refractivity contribution >= 4 is 17.3 Å². The van der Waals surface area contributed by atoms with Gasteiger partial charge in [0.05, 0.1) is 30.6 Å². The second-order valence-electron chi connectivity index (χ2n) is 13.8. The van der Waals surface area contributed by atoms with Gasteiger partial charge in [-0.05, 0) is 78.2 Å². The lowest BCUT2D eigenvalue weighted by Gasteiger charge is -2.38. The van der Waals surface area contributed by atoms with Crippen LogP contribution < -0.4 is 0 Å². The molecule has 0 radical (unpaired) electrons. The Balaban J connectivity index is 1.45. The maximum Gasteiger partial charge on any atom is 0.412 e. The molecule has 0 bridgehead atoms. The van der Waals surface area contributed by atoms with Gasteiger partial charge in [-0.1, -0.05) is 34.1 Å². The van der Waals surface area contributed by atoms with E-state index in [1.165, 1.54) is 5.69 Å². The van der Waals surface area contributed by atoms with Crippen molar-refractivity contribution in [2.75, 3.05) is 6.61 Å². The number of amides is 1. The number of aromatic nitrogens is 3. The smallest absolute Gasteiger partial charge is 0.412 e. The molecule has 1 fully saturated rings. The number of carbonyl (C=O) groups excluding carboxylic acids is 1. The average molecular weight is 529 g/mol. The minimum atomic E-state index is -0.723. The molecule has 0 spiro atoms. The number of rotatable bonds is 8. The number of ether oxygens (including phenoxy) is 2. The fourth-order valence-electron chi connectivity index (χ4n) is 6.13. The second kappa shape index (κ2) is 10.4. The highest BCUT2D eigenvalue weighted by Crippen LogP contribution is 2.39. The number of carbonyl (C=O) groups is 1. The van der Waals surface area contributed by atoms with Crippen molar-refractivity contribution in [2.24, 2.45) is 11.8 Å². The van der Waals surface area contributed by atoms with Crippen molar-refractivity contribution in [1.82, 2.24) is 19.4 Å². The molecule has 2 aromatic rings. The molecule has 1 saturated heterocycles. The molecule has 1 N–H and O–H groups in total. The number of fused-ring (bicyclic) bond motifs is 3. The van der Waals surface area contributed by atoms with Gasteiger partial charge in [0.2, 0.25) is 0 Å². The lowest BCUT2D eigenvalue weighted by Crippen LogP contribution is -2.52. The molecular weight excluding hydrogens is 480 g/mol. The first kappa shape index (κ1) is 28.8. The molecule has 8 nitrogen and oxygen atoms in total. The van der Waals surface area contributed by atoms with Gasteiger partial charge in [0.1, 0.15) is 16.8 Å². The summed E-state index contributed by atoms with van der Waals surface area (Å²) < 4.78 is 14.1. The standard InChI is InChI=1S/C30H48N4O4/c1-19(2)15-20(23-18-37-30(8,9)34(23)27(36)38-28(3,4)5)11-10-12-24(35)22-17-31-21-16-25-29(6,7)13-14-33(25)26(21)32-22/h16-17,19-20,23-24,35H,10-15,18H2,1-9H3/t20-,23-,24?/m0/s1. The lowest BCUT2D eigenvalue weighted by molar-refractivity contribution is -0.0650. The Kier molecular flexibility index (Phi) is 7.90. The minimum Gasteiger partial charge on any atom is -0.444 e. The van der Waals surface area contributed by atoms with Crippen LogP contribution in [0.4, 0.5) is 4.79 Å². The maximum absolute atomic E-state index is 13.2. The molecule has 0 saturated carbocycles. The number of aliphatic hydroxyl groups excluding tert-OH is 1. The minimum absolute atomic E-state index is 0.0674. The Morgan fingerprint density at radius 3 is 2.61 bits per heavy atom. The van der Waals surface area contributed by atoms with E-state index in [9.17, 15) is 9.90 Å². The highest BCUT2D eigenvalue weighted by molar-refractivity contribution is 5.74. The molecule has 2 aliphatic rings. The van der Waals surface area contributed by atoms with Gasteiger partial charge >= 0.3 is 6.09 Å². The normalized spacial score (nSPS) is 22.2. The van der Waals surface area contributed by atoms with Crippen molar-refractivity contribution in [1.29, 1.82) is 0 Å². The fraction of sp³-hybridized carbons (Fsp3) is 0.767. The van der Waals surface area contributed by atoms with Gasteiger partial charge in [-0.25, -0.2) is 9.78 Å². The van der Waals surface area contributed by atoms with Crippen molar-refractivity contribution in [3.63, 3.8) is 0 Å². The van der Waals surface area contributed by atoms with E-state index in [1.54, 1.807) is 11.1 Å². The van der Waals surface area contributed by atoms with E-state index in [4.69, 9.17) is 14.5 Å². The monoisotopic (exact) mass is 528 g/mol. The first-order chi connectivity index (χ1) is 17.6. The molecule has 4 rings (SSSR count). The average Bonchev–Trinajstić information content (AvgIpc) is 3.41. The summed E-state index contributed by atoms with van der Waals surface area (Å²) in [6.07, 6.45) is 5.06. The van der Waals surface area contributed by atoms with E-state index in [0.29, 0.717) is 24.6 Å². The van der Waals surface area contributed by atoms with Crippen LogP contribution in [0.15, 0.2) is 12.3 Å². The van der Waals surface area contributed by atoms with Crippen LogP contribution >= 0.6 is 0 Å². The number of nitrogens with zero attached hydrogens (tertiary/aromatic N) is 4.